The number of phosphoric acid groups is 1. The van der Waals surface area contributed by atoms with E-state index in [0.717, 1.165) is 19.3 Å². The summed E-state index contributed by atoms with van der Waals surface area (Å²) in [6.07, 6.45) is 15.1. The lowest BCUT2D eigenvalue weighted by atomic mass is 10.0. The van der Waals surface area contributed by atoms with E-state index in [1.165, 1.54) is 107 Å². The van der Waals surface area contributed by atoms with Crippen LogP contribution in [0.15, 0.2) is 20.9 Å². The lowest BCUT2D eigenvalue weighted by molar-refractivity contribution is -0.0720. The number of unbranched alkanes of at least 4 members (excludes halogenated alkanes) is 13. The number of hydrogen-bond donors (Lipinski definition) is 3. The zero-order chi connectivity index (χ0) is 33.2. The summed E-state index contributed by atoms with van der Waals surface area (Å²) in [5, 5.41) is 3.25. The van der Waals surface area contributed by atoms with E-state index in [4.69, 9.17) is 14.0 Å². The highest BCUT2D eigenvalue weighted by molar-refractivity contribution is 8.00. The Morgan fingerprint density at radius 3 is 2.16 bits per heavy atom. The van der Waals surface area contributed by atoms with Gasteiger partial charge in [-0.05, 0) is 31.6 Å². The van der Waals surface area contributed by atoms with Crippen LogP contribution in [-0.4, -0.2) is 61.8 Å². The number of nitrogens with zero attached hydrogens (tertiary/aromatic N) is 4. The van der Waals surface area contributed by atoms with Gasteiger partial charge in [0.1, 0.15) is 12.3 Å². The van der Waals surface area contributed by atoms with Crippen LogP contribution in [0.1, 0.15) is 122 Å². The molecule has 6 atom stereocenters. The maximum absolute atomic E-state index is 12.5. The van der Waals surface area contributed by atoms with Gasteiger partial charge in [0.15, 0.2) is 0 Å². The highest BCUT2D eigenvalue weighted by Crippen LogP contribution is 2.45. The van der Waals surface area contributed by atoms with Gasteiger partial charge in [0.05, 0.1) is 23.5 Å². The molecule has 15 heteroatoms. The first kappa shape index (κ1) is 39.5. The fraction of sp³-hybridized carbons (Fsp3) is 0.867. The highest BCUT2D eigenvalue weighted by atomic mass is 32.2. The number of nitrogens with one attached hydrogen (secondary N) is 1. The Morgan fingerprint density at radius 1 is 1.09 bits per heavy atom. The molecule has 1 aromatic heterocycles. The number of ether oxygens (including phenoxy) is 2. The largest absolute Gasteiger partial charge is 0.469 e. The second kappa shape index (κ2) is 21.3. The molecule has 2 heterocycles. The molecule has 0 aromatic carbocycles. The van der Waals surface area contributed by atoms with Crippen molar-refractivity contribution in [2.24, 2.45) is 5.11 Å². The van der Waals surface area contributed by atoms with Crippen LogP contribution >= 0.6 is 19.6 Å². The number of aromatic amines is 1. The summed E-state index contributed by atoms with van der Waals surface area (Å²) >= 11 is 1.47. The number of hydrogen-bond acceptors (Lipinski definition) is 8. The van der Waals surface area contributed by atoms with Gasteiger partial charge in [0, 0.05) is 30.2 Å². The first-order chi connectivity index (χ1) is 21.5. The predicted octanol–water partition coefficient (Wildman–Crippen LogP) is 6.91. The SMILES string of the molecule is CCCCCCCCCCCCCCCCSC(C(C)OC)C(OP(=O)(O)O)[C@H]1O[C@@H](n2cc(C)c(=O)[nH]c2=O)C[C@@H]1N=[N+]=[N-]. The molecule has 45 heavy (non-hydrogen) atoms. The molecule has 0 saturated carbocycles. The molecular weight excluding hydrogens is 621 g/mol. The zero-order valence-electron chi connectivity index (χ0n) is 27.3. The average Bonchev–Trinajstić information content (AvgIpc) is 3.40. The standard InChI is InChI=1S/C30H54N5O8PS/c1-5-6-7-8-9-10-11-12-13-14-15-16-17-18-19-45-28(23(3)41-4)27(43-44(38,39)40)26-24(33-34-31)20-25(42-26)35-21-22(2)29(36)32-30(35)37/h21,23-28H,5-20H2,1-4H3,(H,32,36,37)(H2,38,39,40)/t23?,24-,25+,26-,27?,28?/m0/s1. The van der Waals surface area contributed by atoms with Gasteiger partial charge < -0.3 is 19.3 Å². The van der Waals surface area contributed by atoms with Crippen molar-refractivity contribution < 1.29 is 28.3 Å². The highest BCUT2D eigenvalue weighted by Gasteiger charge is 2.48. The van der Waals surface area contributed by atoms with Crippen LogP contribution in [0.4, 0.5) is 0 Å². The summed E-state index contributed by atoms with van der Waals surface area (Å²) in [4.78, 5) is 49.3. The lowest BCUT2D eigenvalue weighted by Crippen LogP contribution is -2.47. The van der Waals surface area contributed by atoms with Crippen molar-refractivity contribution in [2.75, 3.05) is 12.9 Å². The van der Waals surface area contributed by atoms with Gasteiger partial charge in [0.2, 0.25) is 0 Å². The second-order valence-electron chi connectivity index (χ2n) is 12.0. The minimum absolute atomic E-state index is 0.0405. The molecule has 0 aliphatic carbocycles. The second-order valence-corrected chi connectivity index (χ2v) is 14.5. The third-order valence-electron chi connectivity index (χ3n) is 8.34. The van der Waals surface area contributed by atoms with Crippen LogP contribution in [0.5, 0.6) is 0 Å². The van der Waals surface area contributed by atoms with E-state index >= 15 is 0 Å². The van der Waals surface area contributed by atoms with Crippen LogP contribution in [0, 0.1) is 6.92 Å². The fourth-order valence-electron chi connectivity index (χ4n) is 5.74. The predicted molar refractivity (Wildman–Crippen MR) is 177 cm³/mol. The monoisotopic (exact) mass is 675 g/mol. The van der Waals surface area contributed by atoms with Crippen molar-refractivity contribution >= 4 is 19.6 Å². The molecule has 1 aromatic rings. The molecule has 0 radical (unpaired) electrons. The molecule has 3 unspecified atom stereocenters. The van der Waals surface area contributed by atoms with E-state index in [-0.39, 0.29) is 12.0 Å². The van der Waals surface area contributed by atoms with E-state index in [9.17, 15) is 29.5 Å². The Balaban J connectivity index is 1.97. The number of phosphoric ester groups is 1. The lowest BCUT2D eigenvalue weighted by Gasteiger charge is -2.35. The molecule has 0 amide bonds. The summed E-state index contributed by atoms with van der Waals surface area (Å²) < 4.78 is 30.4. The summed E-state index contributed by atoms with van der Waals surface area (Å²) in [7, 11) is -3.51. The van der Waals surface area contributed by atoms with Gasteiger partial charge in [-0.1, -0.05) is 95.5 Å². The molecule has 0 bridgehead atoms. The Labute approximate surface area is 271 Å². The van der Waals surface area contributed by atoms with Gasteiger partial charge in [0.25, 0.3) is 5.56 Å². The quantitative estimate of drug-likeness (QED) is 0.0344. The van der Waals surface area contributed by atoms with Crippen LogP contribution in [0.3, 0.4) is 0 Å². The van der Waals surface area contributed by atoms with E-state index in [1.807, 2.05) is 0 Å². The summed E-state index contributed by atoms with van der Waals surface area (Å²) in [6.45, 7) is 5.56. The van der Waals surface area contributed by atoms with Crippen LogP contribution in [0.2, 0.25) is 0 Å². The van der Waals surface area contributed by atoms with Crippen molar-refractivity contribution in [3.63, 3.8) is 0 Å². The smallest absolute Gasteiger partial charge is 0.380 e. The summed E-state index contributed by atoms with van der Waals surface area (Å²) in [6, 6.07) is -0.899. The van der Waals surface area contributed by atoms with Gasteiger partial charge in [-0.25, -0.2) is 9.36 Å². The van der Waals surface area contributed by atoms with Crippen LogP contribution < -0.4 is 11.2 Å². The molecule has 0 spiro atoms. The van der Waals surface area contributed by atoms with Gasteiger partial charge >= 0.3 is 13.5 Å². The zero-order valence-corrected chi connectivity index (χ0v) is 29.1. The number of rotatable bonds is 24. The van der Waals surface area contributed by atoms with E-state index < -0.39 is 54.9 Å². The maximum atomic E-state index is 12.5. The van der Waals surface area contributed by atoms with Gasteiger partial charge in [-0.2, -0.15) is 11.8 Å². The first-order valence-corrected chi connectivity index (χ1v) is 19.0. The fourth-order valence-corrected chi connectivity index (χ4v) is 7.81. The van der Waals surface area contributed by atoms with E-state index in [2.05, 4.69) is 21.9 Å². The molecule has 1 aliphatic heterocycles. The number of aromatic nitrogens is 2. The molecular formula is C30H54N5O8PS. The molecule has 1 fully saturated rings. The van der Waals surface area contributed by atoms with Crippen molar-refractivity contribution in [2.45, 2.75) is 153 Å². The van der Waals surface area contributed by atoms with E-state index in [1.54, 1.807) is 6.92 Å². The number of azide groups is 1. The van der Waals surface area contributed by atoms with Gasteiger partial charge in [-0.3, -0.25) is 18.9 Å². The Bertz CT molecular complexity index is 1200. The van der Waals surface area contributed by atoms with Crippen LogP contribution in [-0.2, 0) is 18.6 Å². The van der Waals surface area contributed by atoms with E-state index in [0.29, 0.717) is 5.75 Å². The third kappa shape index (κ3) is 14.3. The minimum atomic E-state index is -5.01. The number of methoxy groups -OCH3 is 1. The molecule has 1 aliphatic rings. The van der Waals surface area contributed by atoms with Crippen molar-refractivity contribution in [3.8, 4) is 0 Å². The maximum Gasteiger partial charge on any atom is 0.469 e. The Hall–Kier alpha value is -1.63. The molecule has 2 rings (SSSR count). The normalized spacial score (nSPS) is 20.5. The Kier molecular flexibility index (Phi) is 18.7. The molecule has 3 N–H and O–H groups in total. The average molecular weight is 676 g/mol. The summed E-state index contributed by atoms with van der Waals surface area (Å²) in [5.74, 6) is 0.707. The van der Waals surface area contributed by atoms with Gasteiger partial charge in [-0.15, -0.1) is 0 Å². The number of H-pyrrole nitrogens is 1. The molecule has 258 valence electrons. The molecule has 1 saturated heterocycles. The first-order valence-electron chi connectivity index (χ1n) is 16.4. The number of aryl methyl sites for hydroxylation is 1. The number of thioether (sulfide) groups is 1. The van der Waals surface area contributed by atoms with Crippen molar-refractivity contribution in [1.29, 1.82) is 0 Å². The van der Waals surface area contributed by atoms with Crippen LogP contribution in [0.25, 0.3) is 10.4 Å². The Morgan fingerprint density at radius 2 is 1.64 bits per heavy atom. The minimum Gasteiger partial charge on any atom is -0.380 e. The third-order valence-corrected chi connectivity index (χ3v) is 10.4. The topological polar surface area (TPSA) is 189 Å². The summed E-state index contributed by atoms with van der Waals surface area (Å²) in [5.41, 5.74) is 8.29. The van der Waals surface area contributed by atoms with Crippen molar-refractivity contribution in [1.82, 2.24) is 9.55 Å². The molecule has 13 nitrogen and oxygen atoms in total. The van der Waals surface area contributed by atoms with Crippen molar-refractivity contribution in [3.05, 3.63) is 43.0 Å².